The number of amides is 1. The Hall–Kier alpha value is -0.610. The van der Waals surface area contributed by atoms with E-state index in [1.54, 1.807) is 4.90 Å². The summed E-state index contributed by atoms with van der Waals surface area (Å²) in [7, 11) is 0. The molecule has 1 unspecified atom stereocenters. The van der Waals surface area contributed by atoms with Gasteiger partial charge in [0.15, 0.2) is 0 Å². The fourth-order valence-corrected chi connectivity index (χ4v) is 2.69. The number of piperidine rings is 1. The van der Waals surface area contributed by atoms with Crippen molar-refractivity contribution in [3.05, 3.63) is 0 Å². The minimum Gasteiger partial charge on any atom is -0.391 e. The number of aliphatic hydroxyl groups excluding tert-OH is 1. The van der Waals surface area contributed by atoms with Gasteiger partial charge in [-0.25, -0.2) is 0 Å². The molecule has 1 amide bonds. The number of β-amino-alcohol motifs (C(OH)–C–C–N with tert-alkyl or cyclic N) is 1. The molecule has 0 aromatic carbocycles. The first-order chi connectivity index (χ1) is 8.25. The van der Waals surface area contributed by atoms with Gasteiger partial charge >= 0.3 is 0 Å². The maximum Gasteiger partial charge on any atom is 0.248 e. The van der Waals surface area contributed by atoms with E-state index in [1.165, 1.54) is 19.3 Å². The first-order valence-corrected chi connectivity index (χ1v) is 6.83. The molecular formula is C13H23NO3. The monoisotopic (exact) mass is 241 g/mol. The average Bonchev–Trinajstić information content (AvgIpc) is 2.37. The normalized spacial score (nSPS) is 27.1. The molecule has 0 aromatic rings. The highest BCUT2D eigenvalue weighted by atomic mass is 16.5. The molecule has 17 heavy (non-hydrogen) atoms. The highest BCUT2D eigenvalue weighted by Crippen LogP contribution is 2.20. The third kappa shape index (κ3) is 3.96. The van der Waals surface area contributed by atoms with E-state index in [4.69, 9.17) is 4.74 Å². The summed E-state index contributed by atoms with van der Waals surface area (Å²) >= 11 is 0. The van der Waals surface area contributed by atoms with E-state index in [1.807, 2.05) is 0 Å². The Balaban J connectivity index is 1.69. The molecule has 2 fully saturated rings. The van der Waals surface area contributed by atoms with Crippen molar-refractivity contribution in [1.82, 2.24) is 4.90 Å². The van der Waals surface area contributed by atoms with Gasteiger partial charge in [-0.05, 0) is 25.7 Å². The lowest BCUT2D eigenvalue weighted by Crippen LogP contribution is -2.44. The van der Waals surface area contributed by atoms with E-state index in [0.717, 1.165) is 32.2 Å². The molecule has 4 heteroatoms. The number of nitrogens with zero attached hydrogens (tertiary/aromatic N) is 1. The Kier molecular flexibility index (Phi) is 4.80. The Bertz CT molecular complexity index is 251. The largest absolute Gasteiger partial charge is 0.391 e. The first kappa shape index (κ1) is 12.8. The van der Waals surface area contributed by atoms with Crippen molar-refractivity contribution in [1.29, 1.82) is 0 Å². The number of rotatable bonds is 3. The molecule has 1 saturated carbocycles. The van der Waals surface area contributed by atoms with Crippen molar-refractivity contribution in [2.24, 2.45) is 0 Å². The van der Waals surface area contributed by atoms with Crippen LogP contribution in [0.4, 0.5) is 0 Å². The van der Waals surface area contributed by atoms with E-state index >= 15 is 0 Å². The van der Waals surface area contributed by atoms with Gasteiger partial charge in [-0.2, -0.15) is 0 Å². The van der Waals surface area contributed by atoms with Gasteiger partial charge in [0, 0.05) is 13.1 Å². The molecule has 1 heterocycles. The SMILES string of the molecule is O=C(COC1CCCCC1)N1CCCC(O)C1. The topological polar surface area (TPSA) is 49.8 Å². The molecule has 2 aliphatic rings. The second-order valence-corrected chi connectivity index (χ2v) is 5.21. The molecule has 0 spiro atoms. The maximum atomic E-state index is 11.9. The van der Waals surface area contributed by atoms with Crippen LogP contribution in [0.3, 0.4) is 0 Å². The lowest BCUT2D eigenvalue weighted by molar-refractivity contribution is -0.141. The Morgan fingerprint density at radius 2 is 1.94 bits per heavy atom. The zero-order chi connectivity index (χ0) is 12.1. The van der Waals surface area contributed by atoms with Crippen LogP contribution in [0.2, 0.25) is 0 Å². The van der Waals surface area contributed by atoms with E-state index in [9.17, 15) is 9.90 Å². The number of hydrogen-bond acceptors (Lipinski definition) is 3. The van der Waals surface area contributed by atoms with Gasteiger partial charge in [0.05, 0.1) is 12.2 Å². The van der Waals surface area contributed by atoms with E-state index in [2.05, 4.69) is 0 Å². The van der Waals surface area contributed by atoms with Crippen LogP contribution < -0.4 is 0 Å². The van der Waals surface area contributed by atoms with E-state index in [-0.39, 0.29) is 24.7 Å². The third-order valence-corrected chi connectivity index (χ3v) is 3.74. The summed E-state index contributed by atoms with van der Waals surface area (Å²) in [4.78, 5) is 13.6. The molecule has 1 aliphatic carbocycles. The molecule has 2 rings (SSSR count). The minimum atomic E-state index is -0.345. The standard InChI is InChI=1S/C13H23NO3/c15-11-5-4-8-14(9-11)13(16)10-17-12-6-2-1-3-7-12/h11-12,15H,1-10H2. The van der Waals surface area contributed by atoms with Crippen molar-refractivity contribution in [2.75, 3.05) is 19.7 Å². The fraction of sp³-hybridized carbons (Fsp3) is 0.923. The average molecular weight is 241 g/mol. The Morgan fingerprint density at radius 1 is 1.18 bits per heavy atom. The molecule has 0 bridgehead atoms. The highest BCUT2D eigenvalue weighted by Gasteiger charge is 2.23. The van der Waals surface area contributed by atoms with Gasteiger partial charge in [0.25, 0.3) is 0 Å². The predicted octanol–water partition coefficient (Wildman–Crippen LogP) is 1.32. The molecule has 1 saturated heterocycles. The van der Waals surface area contributed by atoms with Gasteiger partial charge in [-0.15, -0.1) is 0 Å². The van der Waals surface area contributed by atoms with Crippen LogP contribution in [-0.4, -0.2) is 47.8 Å². The van der Waals surface area contributed by atoms with Crippen molar-refractivity contribution in [3.63, 3.8) is 0 Å². The highest BCUT2D eigenvalue weighted by molar-refractivity contribution is 5.77. The molecule has 0 aromatic heterocycles. The summed E-state index contributed by atoms with van der Waals surface area (Å²) in [5.41, 5.74) is 0. The molecule has 98 valence electrons. The predicted molar refractivity (Wildman–Crippen MR) is 64.6 cm³/mol. The first-order valence-electron chi connectivity index (χ1n) is 6.83. The summed E-state index contributed by atoms with van der Waals surface area (Å²) in [6, 6.07) is 0. The lowest BCUT2D eigenvalue weighted by atomic mass is 9.98. The maximum absolute atomic E-state index is 11.9. The minimum absolute atomic E-state index is 0.0364. The van der Waals surface area contributed by atoms with Gasteiger partial charge in [0.1, 0.15) is 6.61 Å². The summed E-state index contributed by atoms with van der Waals surface area (Å²) in [6.07, 6.45) is 7.58. The van der Waals surface area contributed by atoms with Crippen LogP contribution in [0.1, 0.15) is 44.9 Å². The Morgan fingerprint density at radius 3 is 2.65 bits per heavy atom. The number of carbonyl (C=O) groups excluding carboxylic acids is 1. The summed E-state index contributed by atoms with van der Waals surface area (Å²) in [5.74, 6) is 0.0364. The van der Waals surface area contributed by atoms with Crippen LogP contribution in [0, 0.1) is 0 Å². The molecule has 1 atom stereocenters. The van der Waals surface area contributed by atoms with Crippen LogP contribution in [0.25, 0.3) is 0 Å². The number of ether oxygens (including phenoxy) is 1. The molecule has 0 radical (unpaired) electrons. The zero-order valence-corrected chi connectivity index (χ0v) is 10.4. The molecular weight excluding hydrogens is 218 g/mol. The van der Waals surface area contributed by atoms with Gasteiger partial charge in [-0.1, -0.05) is 19.3 Å². The van der Waals surface area contributed by atoms with Crippen molar-refractivity contribution >= 4 is 5.91 Å². The van der Waals surface area contributed by atoms with Gasteiger partial charge < -0.3 is 14.7 Å². The van der Waals surface area contributed by atoms with Crippen LogP contribution >= 0.6 is 0 Å². The van der Waals surface area contributed by atoms with E-state index in [0.29, 0.717) is 6.54 Å². The third-order valence-electron chi connectivity index (χ3n) is 3.74. The van der Waals surface area contributed by atoms with E-state index < -0.39 is 0 Å². The molecule has 1 N–H and O–H groups in total. The zero-order valence-electron chi connectivity index (χ0n) is 10.4. The second-order valence-electron chi connectivity index (χ2n) is 5.21. The summed E-state index contributed by atoms with van der Waals surface area (Å²) in [6.45, 7) is 1.44. The van der Waals surface area contributed by atoms with Crippen molar-refractivity contribution in [2.45, 2.75) is 57.2 Å². The van der Waals surface area contributed by atoms with Crippen LogP contribution in [0.15, 0.2) is 0 Å². The lowest BCUT2D eigenvalue weighted by Gasteiger charge is -2.31. The number of hydrogen-bond donors (Lipinski definition) is 1. The fourth-order valence-electron chi connectivity index (χ4n) is 2.69. The van der Waals surface area contributed by atoms with Crippen LogP contribution in [-0.2, 0) is 9.53 Å². The van der Waals surface area contributed by atoms with Gasteiger partial charge in [0.2, 0.25) is 5.91 Å². The van der Waals surface area contributed by atoms with Gasteiger partial charge in [-0.3, -0.25) is 4.79 Å². The molecule has 4 nitrogen and oxygen atoms in total. The quantitative estimate of drug-likeness (QED) is 0.810. The summed E-state index contributed by atoms with van der Waals surface area (Å²) < 4.78 is 5.66. The van der Waals surface area contributed by atoms with Crippen molar-refractivity contribution < 1.29 is 14.6 Å². The van der Waals surface area contributed by atoms with Crippen LogP contribution in [0.5, 0.6) is 0 Å². The Labute approximate surface area is 103 Å². The smallest absolute Gasteiger partial charge is 0.248 e. The summed E-state index contributed by atoms with van der Waals surface area (Å²) in [5, 5.41) is 9.51. The number of aliphatic hydroxyl groups is 1. The second kappa shape index (κ2) is 6.36. The molecule has 1 aliphatic heterocycles. The number of likely N-dealkylation sites (tertiary alicyclic amines) is 1. The van der Waals surface area contributed by atoms with Crippen molar-refractivity contribution in [3.8, 4) is 0 Å². The number of carbonyl (C=O) groups is 1.